The molecule has 0 saturated carbocycles. The van der Waals surface area contributed by atoms with Crippen molar-refractivity contribution in [3.8, 4) is 10.6 Å². The number of halogens is 3. The average Bonchev–Trinajstić information content (AvgIpc) is 2.91. The molecule has 0 saturated heterocycles. The number of rotatable bonds is 1. The number of fused-ring (bicyclic) bond motifs is 1. The number of aromatic nitrogens is 2. The lowest BCUT2D eigenvalue weighted by molar-refractivity contribution is -0.137. The van der Waals surface area contributed by atoms with Gasteiger partial charge in [0.05, 0.1) is 26.3 Å². The first-order valence-corrected chi connectivity index (χ1v) is 9.01. The van der Waals surface area contributed by atoms with Gasteiger partial charge in [-0.2, -0.15) is 13.2 Å². The maximum atomic E-state index is 13.2. The van der Waals surface area contributed by atoms with Crippen molar-refractivity contribution in [2.75, 3.05) is 19.3 Å². The lowest BCUT2D eigenvalue weighted by Gasteiger charge is -2.12. The van der Waals surface area contributed by atoms with Crippen molar-refractivity contribution in [2.45, 2.75) is 18.0 Å². The van der Waals surface area contributed by atoms with Gasteiger partial charge in [0.15, 0.2) is 0 Å². The van der Waals surface area contributed by atoms with Crippen LogP contribution in [0.4, 0.5) is 13.2 Å². The summed E-state index contributed by atoms with van der Waals surface area (Å²) in [5.74, 6) is 0.0953. The molecule has 0 bridgehead atoms. The highest BCUT2D eigenvalue weighted by molar-refractivity contribution is 7.85. The Morgan fingerprint density at radius 2 is 2.08 bits per heavy atom. The lowest BCUT2D eigenvalue weighted by atomic mass is 10.2. The molecule has 3 rings (SSSR count). The van der Waals surface area contributed by atoms with E-state index in [0.717, 1.165) is 17.5 Å². The molecule has 1 amide bonds. The van der Waals surface area contributed by atoms with Gasteiger partial charge in [-0.25, -0.2) is 9.97 Å². The first kappa shape index (κ1) is 17.0. The van der Waals surface area contributed by atoms with Gasteiger partial charge in [0.1, 0.15) is 16.3 Å². The van der Waals surface area contributed by atoms with Gasteiger partial charge < -0.3 is 4.90 Å². The minimum absolute atomic E-state index is 0.162. The average molecular weight is 375 g/mol. The van der Waals surface area contributed by atoms with Crippen molar-refractivity contribution >= 4 is 28.0 Å². The summed E-state index contributed by atoms with van der Waals surface area (Å²) in [5.41, 5.74) is -1.27. The molecule has 3 heterocycles. The lowest BCUT2D eigenvalue weighted by Crippen LogP contribution is -2.27. The van der Waals surface area contributed by atoms with E-state index in [2.05, 4.69) is 9.97 Å². The highest BCUT2D eigenvalue weighted by atomic mass is 32.2. The molecular formula is C14H12F3N3O2S2. The SMILES string of the molecule is Cc1ncc(C(F)(F)F)c(-c2cc3c(s2)C(=O)N(C)CCS3=O)n1. The topological polar surface area (TPSA) is 63.2 Å². The number of hydrogen-bond donors (Lipinski definition) is 0. The van der Waals surface area contributed by atoms with Crippen LogP contribution >= 0.6 is 11.3 Å². The molecule has 1 unspecified atom stereocenters. The Bertz CT molecular complexity index is 848. The van der Waals surface area contributed by atoms with Crippen LogP contribution in [0.15, 0.2) is 17.2 Å². The second-order valence-electron chi connectivity index (χ2n) is 5.26. The van der Waals surface area contributed by atoms with Gasteiger partial charge in [-0.15, -0.1) is 11.3 Å². The summed E-state index contributed by atoms with van der Waals surface area (Å²) in [6, 6.07) is 1.38. The van der Waals surface area contributed by atoms with Crippen molar-refractivity contribution in [1.29, 1.82) is 0 Å². The fourth-order valence-corrected chi connectivity index (χ4v) is 5.01. The van der Waals surface area contributed by atoms with E-state index < -0.39 is 22.5 Å². The zero-order valence-corrected chi connectivity index (χ0v) is 14.3. The third-order valence-electron chi connectivity index (χ3n) is 3.54. The van der Waals surface area contributed by atoms with E-state index >= 15 is 0 Å². The number of alkyl halides is 3. The fourth-order valence-electron chi connectivity index (χ4n) is 2.28. The first-order valence-electron chi connectivity index (χ1n) is 6.87. The molecule has 5 nitrogen and oxygen atoms in total. The van der Waals surface area contributed by atoms with E-state index in [4.69, 9.17) is 0 Å². The van der Waals surface area contributed by atoms with Gasteiger partial charge >= 0.3 is 6.18 Å². The van der Waals surface area contributed by atoms with E-state index in [1.54, 1.807) is 7.05 Å². The molecule has 0 N–H and O–H groups in total. The maximum absolute atomic E-state index is 13.2. The monoisotopic (exact) mass is 375 g/mol. The Morgan fingerprint density at radius 3 is 2.75 bits per heavy atom. The molecule has 0 radical (unpaired) electrons. The largest absolute Gasteiger partial charge is 0.420 e. The number of nitrogens with zero attached hydrogens (tertiary/aromatic N) is 3. The molecule has 0 aromatic carbocycles. The number of aryl methyl sites for hydroxylation is 1. The summed E-state index contributed by atoms with van der Waals surface area (Å²) in [6.45, 7) is 1.82. The molecule has 1 atom stereocenters. The Kier molecular flexibility index (Phi) is 4.20. The normalized spacial score (nSPS) is 18.5. The third-order valence-corrected chi connectivity index (χ3v) is 6.17. The van der Waals surface area contributed by atoms with E-state index in [0.29, 0.717) is 6.54 Å². The number of carbonyl (C=O) groups is 1. The fraction of sp³-hybridized carbons (Fsp3) is 0.357. The standard InChI is InChI=1S/C14H12F3N3O2S2/c1-7-18-6-8(14(15,16)17)11(19-7)9-5-10-12(23-9)13(21)20(2)3-4-24(10)22/h5-6H,3-4H2,1-2H3. The van der Waals surface area contributed by atoms with Crippen molar-refractivity contribution in [2.24, 2.45) is 0 Å². The van der Waals surface area contributed by atoms with Gasteiger partial charge in [-0.3, -0.25) is 9.00 Å². The van der Waals surface area contributed by atoms with E-state index in [1.165, 1.54) is 17.9 Å². The van der Waals surface area contributed by atoms with Gasteiger partial charge in [0.2, 0.25) is 0 Å². The number of amides is 1. The molecular weight excluding hydrogens is 363 g/mol. The molecule has 0 fully saturated rings. The predicted molar refractivity (Wildman–Crippen MR) is 83.3 cm³/mol. The zero-order chi connectivity index (χ0) is 17.6. The summed E-state index contributed by atoms with van der Waals surface area (Å²) < 4.78 is 51.9. The quantitative estimate of drug-likeness (QED) is 0.769. The van der Waals surface area contributed by atoms with Crippen LogP contribution in [-0.2, 0) is 17.0 Å². The minimum atomic E-state index is -4.62. The Hall–Kier alpha value is -1.81. The van der Waals surface area contributed by atoms with Crippen molar-refractivity contribution in [3.63, 3.8) is 0 Å². The second kappa shape index (κ2) is 5.92. The van der Waals surface area contributed by atoms with Gasteiger partial charge in [0.25, 0.3) is 5.91 Å². The summed E-state index contributed by atoms with van der Waals surface area (Å²) in [7, 11) is 0.137. The molecule has 0 aliphatic carbocycles. The molecule has 128 valence electrons. The van der Waals surface area contributed by atoms with Crippen molar-refractivity contribution < 1.29 is 22.2 Å². The van der Waals surface area contributed by atoms with E-state index in [1.807, 2.05) is 0 Å². The molecule has 1 aliphatic heterocycles. The smallest absolute Gasteiger partial charge is 0.340 e. The summed E-state index contributed by atoms with van der Waals surface area (Å²) >= 11 is 0.882. The second-order valence-corrected chi connectivity index (χ2v) is 7.85. The summed E-state index contributed by atoms with van der Waals surface area (Å²) in [4.78, 5) is 21.9. The first-order chi connectivity index (χ1) is 11.2. The van der Waals surface area contributed by atoms with Crippen molar-refractivity contribution in [3.05, 3.63) is 28.5 Å². The molecule has 2 aromatic rings. The Balaban J connectivity index is 2.20. The van der Waals surface area contributed by atoms with Crippen LogP contribution in [0, 0.1) is 6.92 Å². The molecule has 24 heavy (non-hydrogen) atoms. The van der Waals surface area contributed by atoms with Crippen LogP contribution in [0.1, 0.15) is 21.1 Å². The molecule has 1 aliphatic rings. The minimum Gasteiger partial charge on any atom is -0.340 e. The number of hydrogen-bond acceptors (Lipinski definition) is 5. The Morgan fingerprint density at radius 1 is 1.38 bits per heavy atom. The Labute approximate surface area is 142 Å². The van der Waals surface area contributed by atoms with Gasteiger partial charge in [0, 0.05) is 25.5 Å². The van der Waals surface area contributed by atoms with E-state index in [9.17, 15) is 22.2 Å². The highest BCUT2D eigenvalue weighted by Crippen LogP contribution is 2.40. The van der Waals surface area contributed by atoms with Gasteiger partial charge in [-0.1, -0.05) is 0 Å². The highest BCUT2D eigenvalue weighted by Gasteiger charge is 2.37. The van der Waals surface area contributed by atoms with Crippen LogP contribution in [0.25, 0.3) is 10.6 Å². The van der Waals surface area contributed by atoms with Crippen LogP contribution < -0.4 is 0 Å². The van der Waals surface area contributed by atoms with Gasteiger partial charge in [-0.05, 0) is 13.0 Å². The van der Waals surface area contributed by atoms with Crippen LogP contribution in [0.3, 0.4) is 0 Å². The van der Waals surface area contributed by atoms with Crippen LogP contribution in [0.2, 0.25) is 0 Å². The molecule has 0 spiro atoms. The zero-order valence-electron chi connectivity index (χ0n) is 12.7. The van der Waals surface area contributed by atoms with Crippen molar-refractivity contribution in [1.82, 2.24) is 14.9 Å². The molecule has 2 aromatic heterocycles. The van der Waals surface area contributed by atoms with Crippen LogP contribution in [-0.4, -0.2) is 44.3 Å². The molecule has 10 heteroatoms. The summed E-state index contributed by atoms with van der Waals surface area (Å²) in [5, 5.41) is 0. The third kappa shape index (κ3) is 2.95. The number of thiophene rings is 1. The predicted octanol–water partition coefficient (Wildman–Crippen LogP) is 2.73. The maximum Gasteiger partial charge on any atom is 0.420 e. The van der Waals surface area contributed by atoms with E-state index in [-0.39, 0.29) is 37.8 Å². The number of carbonyl (C=O) groups excluding carboxylic acids is 1. The van der Waals surface area contributed by atoms with Crippen LogP contribution in [0.5, 0.6) is 0 Å². The summed E-state index contributed by atoms with van der Waals surface area (Å²) in [6.07, 6.45) is -3.89.